The maximum atomic E-state index is 5.72. The monoisotopic (exact) mass is 234 g/mol. The number of nitrogens with one attached hydrogen (secondary N) is 1. The van der Waals surface area contributed by atoms with E-state index in [1.54, 1.807) is 0 Å². The van der Waals surface area contributed by atoms with Gasteiger partial charge in [-0.2, -0.15) is 0 Å². The van der Waals surface area contributed by atoms with Crippen molar-refractivity contribution in [2.45, 2.75) is 53.0 Å². The van der Waals surface area contributed by atoms with Gasteiger partial charge in [-0.15, -0.1) is 0 Å². The average Bonchev–Trinajstić information content (AvgIpc) is 2.32. The molecule has 1 unspecified atom stereocenters. The minimum atomic E-state index is 0.278. The molecule has 0 spiro atoms. The first kappa shape index (κ1) is 14.2. The maximum Gasteiger partial charge on any atom is 0.0465 e. The Balaban J connectivity index is 2.85. The molecule has 2 nitrogen and oxygen atoms in total. The molecule has 0 bridgehead atoms. The average molecular weight is 234 g/mol. The first-order valence-electron chi connectivity index (χ1n) is 6.65. The van der Waals surface area contributed by atoms with E-state index >= 15 is 0 Å². The van der Waals surface area contributed by atoms with Gasteiger partial charge < -0.3 is 0 Å². The third-order valence-electron chi connectivity index (χ3n) is 3.73. The summed E-state index contributed by atoms with van der Waals surface area (Å²) in [4.78, 5) is 0. The van der Waals surface area contributed by atoms with Crippen LogP contribution in [0.4, 0.5) is 0 Å². The van der Waals surface area contributed by atoms with Crippen LogP contribution in [0.1, 0.15) is 55.8 Å². The second-order valence-electron chi connectivity index (χ2n) is 5.00. The van der Waals surface area contributed by atoms with Crippen LogP contribution in [0.2, 0.25) is 0 Å². The summed E-state index contributed by atoms with van der Waals surface area (Å²) in [5.74, 6) is 6.47. The van der Waals surface area contributed by atoms with Gasteiger partial charge in [0.05, 0.1) is 0 Å². The highest BCUT2D eigenvalue weighted by Gasteiger charge is 2.16. The lowest BCUT2D eigenvalue weighted by molar-refractivity contribution is 0.374. The standard InChI is InChI=1S/C15H26N2/c1-5-13(6-2)10-15(17-16)14-8-7-11(3)9-12(14)4/h7-9,13,15,17H,5-6,10,16H2,1-4H3. The summed E-state index contributed by atoms with van der Waals surface area (Å²) in [5.41, 5.74) is 6.96. The summed E-state index contributed by atoms with van der Waals surface area (Å²) in [5, 5.41) is 0. The van der Waals surface area contributed by atoms with E-state index in [-0.39, 0.29) is 6.04 Å². The van der Waals surface area contributed by atoms with Gasteiger partial charge in [0.1, 0.15) is 0 Å². The number of hydrazine groups is 1. The van der Waals surface area contributed by atoms with Crippen molar-refractivity contribution in [3.63, 3.8) is 0 Å². The number of nitrogens with two attached hydrogens (primary N) is 1. The summed E-state index contributed by atoms with van der Waals surface area (Å²) in [7, 11) is 0. The normalized spacial score (nSPS) is 13.1. The van der Waals surface area contributed by atoms with Crippen molar-refractivity contribution in [1.29, 1.82) is 0 Å². The lowest BCUT2D eigenvalue weighted by Gasteiger charge is -2.23. The maximum absolute atomic E-state index is 5.72. The molecule has 17 heavy (non-hydrogen) atoms. The fourth-order valence-corrected chi connectivity index (χ4v) is 2.46. The second-order valence-corrected chi connectivity index (χ2v) is 5.00. The summed E-state index contributed by atoms with van der Waals surface area (Å²) in [6.07, 6.45) is 3.56. The highest BCUT2D eigenvalue weighted by atomic mass is 15.2. The van der Waals surface area contributed by atoms with Gasteiger partial charge in [-0.05, 0) is 37.3 Å². The molecule has 0 aromatic heterocycles. The van der Waals surface area contributed by atoms with Gasteiger partial charge in [0.15, 0.2) is 0 Å². The Labute approximate surface area is 106 Å². The molecule has 1 aromatic rings. The Bertz CT molecular complexity index is 343. The van der Waals surface area contributed by atoms with E-state index in [4.69, 9.17) is 5.84 Å². The largest absolute Gasteiger partial charge is 0.271 e. The Morgan fingerprint density at radius 3 is 2.29 bits per heavy atom. The lowest BCUT2D eigenvalue weighted by Crippen LogP contribution is -2.30. The highest BCUT2D eigenvalue weighted by molar-refractivity contribution is 5.32. The molecular weight excluding hydrogens is 208 g/mol. The lowest BCUT2D eigenvalue weighted by atomic mass is 9.89. The number of rotatable bonds is 6. The number of hydrogen-bond acceptors (Lipinski definition) is 2. The van der Waals surface area contributed by atoms with Gasteiger partial charge in [-0.3, -0.25) is 11.3 Å². The van der Waals surface area contributed by atoms with Crippen molar-refractivity contribution in [3.05, 3.63) is 34.9 Å². The Morgan fingerprint density at radius 2 is 1.82 bits per heavy atom. The SMILES string of the molecule is CCC(CC)CC(NN)c1ccc(C)cc1C. The zero-order chi connectivity index (χ0) is 12.8. The predicted octanol–water partition coefficient (Wildman–Crippen LogP) is 3.63. The van der Waals surface area contributed by atoms with E-state index in [1.165, 1.54) is 29.5 Å². The van der Waals surface area contributed by atoms with Crippen molar-refractivity contribution in [2.75, 3.05) is 0 Å². The van der Waals surface area contributed by atoms with Crippen LogP contribution in [-0.2, 0) is 0 Å². The Kier molecular flexibility index (Phi) is 5.66. The molecule has 1 aromatic carbocycles. The quantitative estimate of drug-likeness (QED) is 0.582. The topological polar surface area (TPSA) is 38.0 Å². The van der Waals surface area contributed by atoms with Gasteiger partial charge in [0.2, 0.25) is 0 Å². The number of aryl methyl sites for hydroxylation is 2. The van der Waals surface area contributed by atoms with Gasteiger partial charge in [0.25, 0.3) is 0 Å². The van der Waals surface area contributed by atoms with Gasteiger partial charge in [-0.25, -0.2) is 0 Å². The third kappa shape index (κ3) is 3.83. The Morgan fingerprint density at radius 1 is 1.18 bits per heavy atom. The van der Waals surface area contributed by atoms with Crippen LogP contribution in [0, 0.1) is 19.8 Å². The summed E-state index contributed by atoms with van der Waals surface area (Å²) < 4.78 is 0. The second kappa shape index (κ2) is 6.77. The molecule has 0 radical (unpaired) electrons. The van der Waals surface area contributed by atoms with Crippen molar-refractivity contribution >= 4 is 0 Å². The molecule has 0 saturated carbocycles. The summed E-state index contributed by atoms with van der Waals surface area (Å²) in [6, 6.07) is 6.88. The first-order chi connectivity index (χ1) is 8.12. The molecule has 0 aliphatic rings. The van der Waals surface area contributed by atoms with E-state index in [1.807, 2.05) is 0 Å². The van der Waals surface area contributed by atoms with E-state index in [9.17, 15) is 0 Å². The molecule has 0 saturated heterocycles. The molecule has 1 atom stereocenters. The number of benzene rings is 1. The molecule has 2 heteroatoms. The van der Waals surface area contributed by atoms with Crippen molar-refractivity contribution in [1.82, 2.24) is 5.43 Å². The van der Waals surface area contributed by atoms with Crippen LogP contribution in [0.25, 0.3) is 0 Å². The Hall–Kier alpha value is -0.860. The van der Waals surface area contributed by atoms with Crippen molar-refractivity contribution < 1.29 is 0 Å². The summed E-state index contributed by atoms with van der Waals surface area (Å²) >= 11 is 0. The molecule has 0 amide bonds. The van der Waals surface area contributed by atoms with Gasteiger partial charge >= 0.3 is 0 Å². The van der Waals surface area contributed by atoms with Crippen LogP contribution >= 0.6 is 0 Å². The van der Waals surface area contributed by atoms with Gasteiger partial charge in [-0.1, -0.05) is 50.5 Å². The smallest absolute Gasteiger partial charge is 0.0465 e. The fraction of sp³-hybridized carbons (Fsp3) is 0.600. The van der Waals surface area contributed by atoms with E-state index in [2.05, 4.69) is 51.3 Å². The zero-order valence-electron chi connectivity index (χ0n) is 11.6. The van der Waals surface area contributed by atoms with E-state index in [0.29, 0.717) is 0 Å². The third-order valence-corrected chi connectivity index (χ3v) is 3.73. The molecule has 1 rings (SSSR count). The molecule has 0 fully saturated rings. The van der Waals surface area contributed by atoms with Crippen LogP contribution in [0.15, 0.2) is 18.2 Å². The van der Waals surface area contributed by atoms with Crippen LogP contribution in [0.3, 0.4) is 0 Å². The predicted molar refractivity (Wildman–Crippen MR) is 74.7 cm³/mol. The van der Waals surface area contributed by atoms with Crippen LogP contribution in [-0.4, -0.2) is 0 Å². The van der Waals surface area contributed by atoms with Crippen molar-refractivity contribution in [2.24, 2.45) is 11.8 Å². The molecule has 0 heterocycles. The summed E-state index contributed by atoms with van der Waals surface area (Å²) in [6.45, 7) is 8.80. The van der Waals surface area contributed by atoms with E-state index < -0.39 is 0 Å². The first-order valence-corrected chi connectivity index (χ1v) is 6.65. The molecule has 0 aliphatic carbocycles. The molecule has 0 aliphatic heterocycles. The van der Waals surface area contributed by atoms with E-state index in [0.717, 1.165) is 12.3 Å². The van der Waals surface area contributed by atoms with Crippen LogP contribution < -0.4 is 11.3 Å². The molecular formula is C15H26N2. The van der Waals surface area contributed by atoms with Crippen molar-refractivity contribution in [3.8, 4) is 0 Å². The highest BCUT2D eigenvalue weighted by Crippen LogP contribution is 2.27. The van der Waals surface area contributed by atoms with Crippen LogP contribution in [0.5, 0.6) is 0 Å². The molecule has 3 N–H and O–H groups in total. The minimum Gasteiger partial charge on any atom is -0.271 e. The zero-order valence-corrected chi connectivity index (χ0v) is 11.6. The minimum absolute atomic E-state index is 0.278. The fourth-order valence-electron chi connectivity index (χ4n) is 2.46. The molecule has 96 valence electrons. The van der Waals surface area contributed by atoms with Gasteiger partial charge in [0, 0.05) is 6.04 Å². The number of hydrogen-bond donors (Lipinski definition) is 2.